The Balaban J connectivity index is 1.66. The number of amides is 1. The van der Waals surface area contributed by atoms with Gasteiger partial charge in [0.05, 0.1) is 16.5 Å². The fourth-order valence-corrected chi connectivity index (χ4v) is 4.78. The Labute approximate surface area is 172 Å². The zero-order chi connectivity index (χ0) is 21.0. The van der Waals surface area contributed by atoms with Crippen LogP contribution in [-0.4, -0.2) is 49.7 Å². The molecule has 0 spiro atoms. The molecule has 0 radical (unpaired) electrons. The molecular formula is C22H25N3O3S. The summed E-state index contributed by atoms with van der Waals surface area (Å²) in [5, 5.41) is 8.86. The maximum Gasteiger partial charge on any atom is 0.253 e. The smallest absolute Gasteiger partial charge is 0.253 e. The highest BCUT2D eigenvalue weighted by Gasteiger charge is 2.30. The number of nitriles is 1. The summed E-state index contributed by atoms with van der Waals surface area (Å²) in [5.41, 5.74) is 2.13. The molecule has 0 bridgehead atoms. The lowest BCUT2D eigenvalue weighted by atomic mass is 9.99. The van der Waals surface area contributed by atoms with Crippen molar-refractivity contribution < 1.29 is 13.2 Å². The summed E-state index contributed by atoms with van der Waals surface area (Å²) in [7, 11) is -3.57. The van der Waals surface area contributed by atoms with E-state index in [2.05, 4.69) is 13.8 Å². The molecule has 3 rings (SSSR count). The van der Waals surface area contributed by atoms with E-state index in [4.69, 9.17) is 5.26 Å². The summed E-state index contributed by atoms with van der Waals surface area (Å²) in [6.07, 6.45) is 1.00. The van der Waals surface area contributed by atoms with Crippen LogP contribution in [0.5, 0.6) is 0 Å². The van der Waals surface area contributed by atoms with Crippen molar-refractivity contribution in [3.8, 4) is 6.07 Å². The molecule has 1 atom stereocenters. The van der Waals surface area contributed by atoms with Gasteiger partial charge in [-0.3, -0.25) is 4.79 Å². The Morgan fingerprint density at radius 1 is 1.03 bits per heavy atom. The van der Waals surface area contributed by atoms with Crippen LogP contribution in [0.1, 0.15) is 47.7 Å². The number of hydrogen-bond acceptors (Lipinski definition) is 4. The van der Waals surface area contributed by atoms with Crippen LogP contribution in [0.15, 0.2) is 53.4 Å². The first kappa shape index (κ1) is 21.0. The molecule has 1 aliphatic heterocycles. The maximum atomic E-state index is 12.9. The molecule has 1 fully saturated rings. The average molecular weight is 412 g/mol. The molecule has 29 heavy (non-hydrogen) atoms. The third-order valence-corrected chi connectivity index (χ3v) is 7.40. The van der Waals surface area contributed by atoms with E-state index in [9.17, 15) is 13.2 Å². The first-order valence-electron chi connectivity index (χ1n) is 9.76. The molecule has 2 aromatic carbocycles. The lowest BCUT2D eigenvalue weighted by Gasteiger charge is -2.34. The summed E-state index contributed by atoms with van der Waals surface area (Å²) < 4.78 is 27.3. The van der Waals surface area contributed by atoms with Gasteiger partial charge in [-0.15, -0.1) is 0 Å². The first-order valence-corrected chi connectivity index (χ1v) is 11.2. The van der Waals surface area contributed by atoms with E-state index in [1.165, 1.54) is 4.31 Å². The van der Waals surface area contributed by atoms with Crippen LogP contribution < -0.4 is 0 Å². The lowest BCUT2D eigenvalue weighted by Crippen LogP contribution is -2.50. The summed E-state index contributed by atoms with van der Waals surface area (Å²) in [6.45, 7) is 5.42. The zero-order valence-corrected chi connectivity index (χ0v) is 17.5. The Kier molecular flexibility index (Phi) is 6.36. The van der Waals surface area contributed by atoms with Crippen molar-refractivity contribution in [2.45, 2.75) is 31.1 Å². The highest BCUT2D eigenvalue weighted by atomic mass is 32.2. The van der Waals surface area contributed by atoms with Gasteiger partial charge in [-0.2, -0.15) is 9.57 Å². The van der Waals surface area contributed by atoms with Crippen molar-refractivity contribution in [3.05, 3.63) is 65.2 Å². The van der Waals surface area contributed by atoms with Crippen LogP contribution in [0.25, 0.3) is 0 Å². The van der Waals surface area contributed by atoms with Crippen molar-refractivity contribution in [3.63, 3.8) is 0 Å². The van der Waals surface area contributed by atoms with E-state index in [0.29, 0.717) is 30.1 Å². The second-order valence-corrected chi connectivity index (χ2v) is 9.20. The normalized spacial score (nSPS) is 16.2. The topological polar surface area (TPSA) is 81.5 Å². The third kappa shape index (κ3) is 4.50. The van der Waals surface area contributed by atoms with Crippen LogP contribution in [-0.2, 0) is 10.0 Å². The number of sulfonamides is 1. The molecule has 1 aliphatic rings. The second kappa shape index (κ2) is 8.76. The van der Waals surface area contributed by atoms with E-state index < -0.39 is 10.0 Å². The molecule has 0 aromatic heterocycles. The minimum Gasteiger partial charge on any atom is -0.336 e. The largest absolute Gasteiger partial charge is 0.336 e. The summed E-state index contributed by atoms with van der Waals surface area (Å²) >= 11 is 0. The van der Waals surface area contributed by atoms with Crippen LogP contribution in [0.2, 0.25) is 0 Å². The quantitative estimate of drug-likeness (QED) is 0.756. The van der Waals surface area contributed by atoms with Crippen molar-refractivity contribution >= 4 is 15.9 Å². The van der Waals surface area contributed by atoms with E-state index >= 15 is 0 Å². The highest BCUT2D eigenvalue weighted by molar-refractivity contribution is 7.89. The minimum atomic E-state index is -3.57. The number of carbonyl (C=O) groups is 1. The van der Waals surface area contributed by atoms with E-state index in [1.807, 2.05) is 18.2 Å². The Morgan fingerprint density at radius 2 is 1.62 bits per heavy atom. The molecule has 1 saturated heterocycles. The number of benzene rings is 2. The van der Waals surface area contributed by atoms with Gasteiger partial charge in [0.25, 0.3) is 5.91 Å². The standard InChI is InChI=1S/C22H25N3O3S/c1-3-17(2)19-8-10-21(11-9-19)29(27,28)25-14-12-24(13-15-25)22(26)20-6-4-18(16-23)5-7-20/h4-11,17H,3,12-15H2,1-2H3/t17-/m0/s1. The van der Waals surface area contributed by atoms with Gasteiger partial charge in [-0.1, -0.05) is 26.0 Å². The second-order valence-electron chi connectivity index (χ2n) is 7.26. The molecular weight excluding hydrogens is 386 g/mol. The summed E-state index contributed by atoms with van der Waals surface area (Å²) in [6, 6.07) is 15.6. The predicted molar refractivity (Wildman–Crippen MR) is 111 cm³/mol. The van der Waals surface area contributed by atoms with Gasteiger partial charge in [0, 0.05) is 31.7 Å². The van der Waals surface area contributed by atoms with Crippen LogP contribution in [0.4, 0.5) is 0 Å². The molecule has 2 aromatic rings. The molecule has 6 nitrogen and oxygen atoms in total. The number of piperazine rings is 1. The van der Waals surface area contributed by atoms with Crippen molar-refractivity contribution in [1.82, 2.24) is 9.21 Å². The monoisotopic (exact) mass is 411 g/mol. The number of hydrogen-bond donors (Lipinski definition) is 0. The Hall–Kier alpha value is -2.69. The number of carbonyl (C=O) groups excluding carboxylic acids is 1. The molecule has 0 aliphatic carbocycles. The summed E-state index contributed by atoms with van der Waals surface area (Å²) in [5.74, 6) is 0.244. The van der Waals surface area contributed by atoms with Gasteiger partial charge in [-0.25, -0.2) is 8.42 Å². The third-order valence-electron chi connectivity index (χ3n) is 5.49. The van der Waals surface area contributed by atoms with E-state index in [1.54, 1.807) is 41.3 Å². The van der Waals surface area contributed by atoms with Crippen molar-refractivity contribution in [2.24, 2.45) is 0 Å². The van der Waals surface area contributed by atoms with Gasteiger partial charge in [0.15, 0.2) is 0 Å². The SMILES string of the molecule is CC[C@H](C)c1ccc(S(=O)(=O)N2CCN(C(=O)c3ccc(C#N)cc3)CC2)cc1. The van der Waals surface area contributed by atoms with Gasteiger partial charge < -0.3 is 4.90 Å². The van der Waals surface area contributed by atoms with Crippen LogP contribution in [0.3, 0.4) is 0 Å². The molecule has 0 unspecified atom stereocenters. The maximum absolute atomic E-state index is 12.9. The number of nitrogens with zero attached hydrogens (tertiary/aromatic N) is 3. The van der Waals surface area contributed by atoms with Crippen molar-refractivity contribution in [1.29, 1.82) is 5.26 Å². The van der Waals surface area contributed by atoms with Crippen LogP contribution in [0, 0.1) is 11.3 Å². The minimum absolute atomic E-state index is 0.149. The molecule has 7 heteroatoms. The fourth-order valence-electron chi connectivity index (χ4n) is 3.35. The fraction of sp³-hybridized carbons (Fsp3) is 0.364. The van der Waals surface area contributed by atoms with E-state index in [-0.39, 0.29) is 23.9 Å². The Bertz CT molecular complexity index is 1000. The van der Waals surface area contributed by atoms with Gasteiger partial charge >= 0.3 is 0 Å². The zero-order valence-electron chi connectivity index (χ0n) is 16.7. The number of rotatable bonds is 5. The first-order chi connectivity index (χ1) is 13.9. The van der Waals surface area contributed by atoms with Gasteiger partial charge in [-0.05, 0) is 54.3 Å². The molecule has 152 valence electrons. The van der Waals surface area contributed by atoms with Gasteiger partial charge in [0.2, 0.25) is 10.0 Å². The van der Waals surface area contributed by atoms with Crippen molar-refractivity contribution in [2.75, 3.05) is 26.2 Å². The molecule has 0 N–H and O–H groups in total. The Morgan fingerprint density at radius 3 is 2.14 bits per heavy atom. The highest BCUT2D eigenvalue weighted by Crippen LogP contribution is 2.23. The molecule has 0 saturated carbocycles. The predicted octanol–water partition coefficient (Wildman–Crippen LogP) is 3.22. The lowest BCUT2D eigenvalue weighted by molar-refractivity contribution is 0.0698. The molecule has 1 heterocycles. The average Bonchev–Trinajstić information content (AvgIpc) is 2.78. The van der Waals surface area contributed by atoms with E-state index in [0.717, 1.165) is 12.0 Å². The van der Waals surface area contributed by atoms with Gasteiger partial charge in [0.1, 0.15) is 0 Å². The van der Waals surface area contributed by atoms with Crippen LogP contribution >= 0.6 is 0 Å². The summed E-state index contributed by atoms with van der Waals surface area (Å²) in [4.78, 5) is 14.6. The molecule has 1 amide bonds.